The molecule has 0 fully saturated rings. The van der Waals surface area contributed by atoms with Gasteiger partial charge in [0.1, 0.15) is 0 Å². The van der Waals surface area contributed by atoms with Crippen molar-refractivity contribution in [3.8, 4) is 0 Å². The molecule has 0 aromatic carbocycles. The van der Waals surface area contributed by atoms with E-state index in [1.807, 2.05) is 0 Å². The molecule has 0 aliphatic heterocycles. The Hall–Kier alpha value is -2.67. The van der Waals surface area contributed by atoms with E-state index < -0.39 is 0 Å². The Morgan fingerprint density at radius 1 is 1.35 bits per heavy atom. The Morgan fingerprint density at radius 2 is 2.17 bits per heavy atom. The molecule has 7 nitrogen and oxygen atoms in total. The first kappa shape index (κ1) is 16.7. The maximum Gasteiger partial charge on any atom is 0.287 e. The largest absolute Gasteiger partial charge is 0.385 e. The van der Waals surface area contributed by atoms with E-state index in [1.165, 1.54) is 0 Å². The third-order valence-corrected chi connectivity index (χ3v) is 3.18. The second-order valence-corrected chi connectivity index (χ2v) is 4.84. The molecule has 0 aliphatic rings. The van der Waals surface area contributed by atoms with E-state index in [9.17, 15) is 9.59 Å². The Morgan fingerprint density at radius 3 is 2.91 bits per heavy atom. The maximum atomic E-state index is 12.3. The van der Waals surface area contributed by atoms with Crippen LogP contribution >= 0.6 is 0 Å². The highest BCUT2D eigenvalue weighted by Crippen LogP contribution is 2.13. The van der Waals surface area contributed by atoms with E-state index in [1.54, 1.807) is 42.0 Å². The van der Waals surface area contributed by atoms with E-state index >= 15 is 0 Å². The third-order valence-electron chi connectivity index (χ3n) is 3.18. The highest BCUT2D eigenvalue weighted by Gasteiger charge is 2.20. The van der Waals surface area contributed by atoms with Crippen molar-refractivity contribution in [2.24, 2.45) is 0 Å². The molecule has 2 aromatic heterocycles. The molecule has 2 heterocycles. The molecule has 0 aliphatic carbocycles. The average Bonchev–Trinajstić information content (AvgIpc) is 2.96. The lowest BCUT2D eigenvalue weighted by atomic mass is 10.3. The predicted octanol–water partition coefficient (Wildman–Crippen LogP) is 1.02. The zero-order valence-electron chi connectivity index (χ0n) is 13.0. The fraction of sp³-hybridized carbons (Fsp3) is 0.312. The number of carbonyl (C=O) groups is 2. The van der Waals surface area contributed by atoms with Gasteiger partial charge in [0, 0.05) is 33.0 Å². The number of ether oxygens (including phenoxy) is 1. The monoisotopic (exact) mass is 316 g/mol. The summed E-state index contributed by atoms with van der Waals surface area (Å²) >= 11 is 0. The second-order valence-electron chi connectivity index (χ2n) is 4.84. The van der Waals surface area contributed by atoms with Gasteiger partial charge in [-0.1, -0.05) is 12.1 Å². The summed E-state index contributed by atoms with van der Waals surface area (Å²) in [4.78, 5) is 28.7. The van der Waals surface area contributed by atoms with Gasteiger partial charge in [-0.05, 0) is 18.6 Å². The van der Waals surface area contributed by atoms with E-state index in [0.29, 0.717) is 31.6 Å². The van der Waals surface area contributed by atoms with E-state index in [-0.39, 0.29) is 23.3 Å². The van der Waals surface area contributed by atoms with Gasteiger partial charge in [0.05, 0.1) is 5.52 Å². The number of nitrogens with one attached hydrogen (secondary N) is 2. The van der Waals surface area contributed by atoms with E-state index in [0.717, 1.165) is 0 Å². The summed E-state index contributed by atoms with van der Waals surface area (Å²) in [6.07, 6.45) is 3.99. The molecule has 0 unspecified atom stereocenters. The van der Waals surface area contributed by atoms with Gasteiger partial charge in [0.15, 0.2) is 5.69 Å². The van der Waals surface area contributed by atoms with E-state index in [2.05, 4.69) is 22.2 Å². The molecule has 0 saturated heterocycles. The number of methoxy groups -OCH3 is 1. The quantitative estimate of drug-likeness (QED) is 0.562. The molecule has 23 heavy (non-hydrogen) atoms. The summed E-state index contributed by atoms with van der Waals surface area (Å²) in [5.41, 5.74) is 0.797. The van der Waals surface area contributed by atoms with Gasteiger partial charge in [0.2, 0.25) is 5.82 Å². The van der Waals surface area contributed by atoms with Crippen molar-refractivity contribution in [3.63, 3.8) is 0 Å². The highest BCUT2D eigenvalue weighted by atomic mass is 16.5. The fourth-order valence-electron chi connectivity index (χ4n) is 2.11. The first-order valence-corrected chi connectivity index (χ1v) is 7.32. The normalized spacial score (nSPS) is 10.5. The Balaban J connectivity index is 2.24. The van der Waals surface area contributed by atoms with Gasteiger partial charge in [-0.15, -0.1) is 6.58 Å². The zero-order valence-corrected chi connectivity index (χ0v) is 13.0. The molecule has 0 radical (unpaired) electrons. The Labute approximate surface area is 134 Å². The Kier molecular flexibility index (Phi) is 5.87. The number of carbonyl (C=O) groups excluding carboxylic acids is 2. The minimum Gasteiger partial charge on any atom is -0.385 e. The van der Waals surface area contributed by atoms with Crippen LogP contribution in [0.4, 0.5) is 0 Å². The zero-order chi connectivity index (χ0) is 16.7. The van der Waals surface area contributed by atoms with Crippen LogP contribution in [0.25, 0.3) is 5.52 Å². The smallest absolute Gasteiger partial charge is 0.287 e. The highest BCUT2D eigenvalue weighted by molar-refractivity contribution is 6.02. The van der Waals surface area contributed by atoms with Crippen molar-refractivity contribution in [1.29, 1.82) is 0 Å². The van der Waals surface area contributed by atoms with Crippen molar-refractivity contribution in [2.45, 2.75) is 6.42 Å². The standard InChI is InChI=1S/C16H20N4O3/c1-3-8-17-15(21)13-12-7-4-5-10-20(12)14(19-13)16(22)18-9-6-11-23-2/h3-5,7,10H,1,6,8-9,11H2,2H3,(H,17,21)(H,18,22). The second kappa shape index (κ2) is 8.09. The van der Waals surface area contributed by atoms with Crippen LogP contribution < -0.4 is 10.6 Å². The molecule has 2 rings (SSSR count). The van der Waals surface area contributed by atoms with Crippen molar-refractivity contribution in [1.82, 2.24) is 20.0 Å². The molecule has 2 amide bonds. The van der Waals surface area contributed by atoms with Crippen molar-refractivity contribution in [3.05, 3.63) is 48.6 Å². The van der Waals surface area contributed by atoms with Crippen LogP contribution in [0.2, 0.25) is 0 Å². The minimum absolute atomic E-state index is 0.182. The molecular formula is C16H20N4O3. The average molecular weight is 316 g/mol. The van der Waals surface area contributed by atoms with Gasteiger partial charge in [-0.25, -0.2) is 4.98 Å². The molecule has 0 atom stereocenters. The number of imidazole rings is 1. The van der Waals surface area contributed by atoms with Gasteiger partial charge < -0.3 is 15.4 Å². The van der Waals surface area contributed by atoms with Gasteiger partial charge in [-0.3, -0.25) is 14.0 Å². The SMILES string of the molecule is C=CCNC(=O)c1nc(C(=O)NCCCOC)n2ccccc12. The van der Waals surface area contributed by atoms with Crippen molar-refractivity contribution >= 4 is 17.3 Å². The van der Waals surface area contributed by atoms with Gasteiger partial charge in [-0.2, -0.15) is 0 Å². The van der Waals surface area contributed by atoms with Crippen LogP contribution in [0.1, 0.15) is 27.5 Å². The Bertz CT molecular complexity index is 708. The fourth-order valence-corrected chi connectivity index (χ4v) is 2.11. The van der Waals surface area contributed by atoms with Crippen molar-refractivity contribution < 1.29 is 14.3 Å². The summed E-state index contributed by atoms with van der Waals surface area (Å²) in [7, 11) is 1.61. The predicted molar refractivity (Wildman–Crippen MR) is 86.5 cm³/mol. The number of hydrogen-bond acceptors (Lipinski definition) is 4. The lowest BCUT2D eigenvalue weighted by Gasteiger charge is -2.03. The molecule has 7 heteroatoms. The summed E-state index contributed by atoms with van der Waals surface area (Å²) in [6, 6.07) is 5.32. The lowest BCUT2D eigenvalue weighted by Crippen LogP contribution is -2.27. The number of rotatable bonds is 8. The van der Waals surface area contributed by atoms with Crippen LogP contribution in [0.3, 0.4) is 0 Å². The number of fused-ring (bicyclic) bond motifs is 1. The molecular weight excluding hydrogens is 296 g/mol. The third kappa shape index (κ3) is 3.95. The molecule has 122 valence electrons. The van der Waals surface area contributed by atoms with Crippen molar-refractivity contribution in [2.75, 3.05) is 26.8 Å². The topological polar surface area (TPSA) is 84.7 Å². The molecule has 2 aromatic rings. The van der Waals surface area contributed by atoms with Gasteiger partial charge in [0.25, 0.3) is 11.8 Å². The molecule has 2 N–H and O–H groups in total. The number of amides is 2. The van der Waals surface area contributed by atoms with Crippen LogP contribution in [0.15, 0.2) is 37.1 Å². The number of aromatic nitrogens is 2. The minimum atomic E-state index is -0.341. The van der Waals surface area contributed by atoms with Crippen LogP contribution in [-0.4, -0.2) is 48.0 Å². The van der Waals surface area contributed by atoms with Gasteiger partial charge >= 0.3 is 0 Å². The number of nitrogens with zero attached hydrogens (tertiary/aromatic N) is 2. The summed E-state index contributed by atoms with van der Waals surface area (Å²) in [5.74, 6) is -0.487. The first-order valence-electron chi connectivity index (χ1n) is 7.32. The van der Waals surface area contributed by atoms with Crippen LogP contribution in [0, 0.1) is 0 Å². The summed E-state index contributed by atoms with van der Waals surface area (Å²) in [5, 5.41) is 5.44. The molecule has 0 spiro atoms. The summed E-state index contributed by atoms with van der Waals surface area (Å²) in [6.45, 7) is 4.94. The van der Waals surface area contributed by atoms with E-state index in [4.69, 9.17) is 4.74 Å². The first-order chi connectivity index (χ1) is 11.2. The number of pyridine rings is 1. The maximum absolute atomic E-state index is 12.3. The lowest BCUT2D eigenvalue weighted by molar-refractivity contribution is 0.0937. The molecule has 0 saturated carbocycles. The van der Waals surface area contributed by atoms with Crippen LogP contribution in [-0.2, 0) is 4.74 Å². The molecule has 0 bridgehead atoms. The van der Waals surface area contributed by atoms with Crippen LogP contribution in [0.5, 0.6) is 0 Å². The summed E-state index contributed by atoms with van der Waals surface area (Å²) < 4.78 is 6.55. The number of hydrogen-bond donors (Lipinski definition) is 2.